The molecule has 0 aromatic carbocycles. The first-order chi connectivity index (χ1) is 6.99. The zero-order chi connectivity index (χ0) is 11.4. The average Bonchev–Trinajstić information content (AvgIpc) is 2.50. The van der Waals surface area contributed by atoms with E-state index in [4.69, 9.17) is 0 Å². The van der Waals surface area contributed by atoms with E-state index in [1.807, 2.05) is 0 Å². The van der Waals surface area contributed by atoms with Gasteiger partial charge in [-0.2, -0.15) is 0 Å². The average molecular weight is 212 g/mol. The van der Waals surface area contributed by atoms with E-state index >= 15 is 0 Å². The standard InChI is InChI=1S/C11H20N2O2/c1-8-4-5-10(6-8)12-11(15)7-13(3)9(2)14/h8,10H,4-7H2,1-3H3,(H,12,15). The first kappa shape index (κ1) is 12.0. The molecule has 0 bridgehead atoms. The van der Waals surface area contributed by atoms with Crippen molar-refractivity contribution in [3.05, 3.63) is 0 Å². The first-order valence-electron chi connectivity index (χ1n) is 5.50. The van der Waals surface area contributed by atoms with Crippen LogP contribution in [0, 0.1) is 5.92 Å². The van der Waals surface area contributed by atoms with E-state index in [9.17, 15) is 9.59 Å². The Hall–Kier alpha value is -1.06. The second-order valence-electron chi connectivity index (χ2n) is 4.56. The third kappa shape index (κ3) is 3.90. The van der Waals surface area contributed by atoms with E-state index in [2.05, 4.69) is 12.2 Å². The molecule has 0 radical (unpaired) electrons. The SMILES string of the molecule is CC(=O)N(C)CC(=O)NC1CCC(C)C1. The number of nitrogens with one attached hydrogen (secondary N) is 1. The number of carbonyl (C=O) groups is 2. The highest BCUT2D eigenvalue weighted by Gasteiger charge is 2.23. The summed E-state index contributed by atoms with van der Waals surface area (Å²) in [5.74, 6) is 0.581. The second kappa shape index (κ2) is 5.14. The molecule has 2 atom stereocenters. The number of hydrogen-bond acceptors (Lipinski definition) is 2. The molecule has 0 spiro atoms. The molecule has 0 heterocycles. The quantitative estimate of drug-likeness (QED) is 0.751. The van der Waals surface area contributed by atoms with E-state index in [0.717, 1.165) is 12.8 Å². The number of hydrogen-bond donors (Lipinski definition) is 1. The van der Waals surface area contributed by atoms with E-state index in [0.29, 0.717) is 12.0 Å². The van der Waals surface area contributed by atoms with Gasteiger partial charge < -0.3 is 10.2 Å². The highest BCUT2D eigenvalue weighted by atomic mass is 16.2. The molecule has 86 valence electrons. The van der Waals surface area contributed by atoms with Crippen LogP contribution in [0.15, 0.2) is 0 Å². The Bertz CT molecular complexity index is 253. The largest absolute Gasteiger partial charge is 0.352 e. The summed E-state index contributed by atoms with van der Waals surface area (Å²) in [7, 11) is 1.64. The van der Waals surface area contributed by atoms with Crippen LogP contribution >= 0.6 is 0 Å². The number of nitrogens with zero attached hydrogens (tertiary/aromatic N) is 1. The normalized spacial score (nSPS) is 25.0. The molecule has 15 heavy (non-hydrogen) atoms. The monoisotopic (exact) mass is 212 g/mol. The van der Waals surface area contributed by atoms with Crippen LogP contribution in [0.2, 0.25) is 0 Å². The molecule has 1 fully saturated rings. The molecule has 1 aliphatic carbocycles. The van der Waals surface area contributed by atoms with Crippen LogP contribution in [0.3, 0.4) is 0 Å². The van der Waals surface area contributed by atoms with E-state index in [1.165, 1.54) is 18.2 Å². The van der Waals surface area contributed by atoms with Gasteiger partial charge in [0.2, 0.25) is 11.8 Å². The lowest BCUT2D eigenvalue weighted by molar-refractivity contribution is -0.133. The molecule has 4 heteroatoms. The summed E-state index contributed by atoms with van der Waals surface area (Å²) in [6.45, 7) is 3.83. The zero-order valence-corrected chi connectivity index (χ0v) is 9.75. The van der Waals surface area contributed by atoms with Gasteiger partial charge in [-0.05, 0) is 25.2 Å². The molecule has 1 rings (SSSR count). The van der Waals surface area contributed by atoms with Gasteiger partial charge in [0.05, 0.1) is 6.54 Å². The molecule has 0 aromatic rings. The van der Waals surface area contributed by atoms with Gasteiger partial charge in [-0.3, -0.25) is 9.59 Å². The van der Waals surface area contributed by atoms with Gasteiger partial charge in [0.15, 0.2) is 0 Å². The Balaban J connectivity index is 2.27. The van der Waals surface area contributed by atoms with Gasteiger partial charge in [-0.1, -0.05) is 6.92 Å². The third-order valence-corrected chi connectivity index (χ3v) is 2.98. The summed E-state index contributed by atoms with van der Waals surface area (Å²) in [6.07, 6.45) is 3.32. The van der Waals surface area contributed by atoms with Gasteiger partial charge in [0, 0.05) is 20.0 Å². The van der Waals surface area contributed by atoms with Gasteiger partial charge in [-0.15, -0.1) is 0 Å². The summed E-state index contributed by atoms with van der Waals surface area (Å²) >= 11 is 0. The van der Waals surface area contributed by atoms with Crippen LogP contribution in [-0.2, 0) is 9.59 Å². The molecular weight excluding hydrogens is 192 g/mol. The molecule has 2 unspecified atom stereocenters. The van der Waals surface area contributed by atoms with Crippen LogP contribution < -0.4 is 5.32 Å². The Labute approximate surface area is 91.0 Å². The number of likely N-dealkylation sites (N-methyl/N-ethyl adjacent to an activating group) is 1. The molecule has 0 aromatic heterocycles. The minimum atomic E-state index is -0.0788. The van der Waals surface area contributed by atoms with Crippen LogP contribution in [0.25, 0.3) is 0 Å². The van der Waals surface area contributed by atoms with Crippen molar-refractivity contribution in [3.63, 3.8) is 0 Å². The fourth-order valence-electron chi connectivity index (χ4n) is 1.94. The van der Waals surface area contributed by atoms with Crippen LogP contribution in [-0.4, -0.2) is 36.3 Å². The van der Waals surface area contributed by atoms with Gasteiger partial charge in [0.25, 0.3) is 0 Å². The fraction of sp³-hybridized carbons (Fsp3) is 0.818. The second-order valence-corrected chi connectivity index (χ2v) is 4.56. The molecule has 2 amide bonds. The maximum absolute atomic E-state index is 11.5. The van der Waals surface area contributed by atoms with Crippen molar-refractivity contribution >= 4 is 11.8 Å². The predicted octanol–water partition coefficient (Wildman–Crippen LogP) is 0.769. The summed E-state index contributed by atoms with van der Waals surface area (Å²) in [5.41, 5.74) is 0. The Morgan fingerprint density at radius 3 is 2.53 bits per heavy atom. The minimum Gasteiger partial charge on any atom is -0.352 e. The smallest absolute Gasteiger partial charge is 0.239 e. The van der Waals surface area contributed by atoms with Crippen molar-refractivity contribution in [1.29, 1.82) is 0 Å². The topological polar surface area (TPSA) is 49.4 Å². The lowest BCUT2D eigenvalue weighted by Gasteiger charge is -2.17. The Morgan fingerprint density at radius 1 is 1.40 bits per heavy atom. The molecule has 0 aliphatic heterocycles. The predicted molar refractivity (Wildman–Crippen MR) is 58.3 cm³/mol. The Morgan fingerprint density at radius 2 is 2.07 bits per heavy atom. The zero-order valence-electron chi connectivity index (χ0n) is 9.75. The van der Waals surface area contributed by atoms with Gasteiger partial charge >= 0.3 is 0 Å². The molecular formula is C11H20N2O2. The number of rotatable bonds is 3. The fourth-order valence-corrected chi connectivity index (χ4v) is 1.94. The maximum Gasteiger partial charge on any atom is 0.239 e. The van der Waals surface area contributed by atoms with E-state index < -0.39 is 0 Å². The lowest BCUT2D eigenvalue weighted by Crippen LogP contribution is -2.41. The third-order valence-electron chi connectivity index (χ3n) is 2.98. The molecule has 1 aliphatic rings. The van der Waals surface area contributed by atoms with Crippen molar-refractivity contribution in [2.75, 3.05) is 13.6 Å². The highest BCUT2D eigenvalue weighted by molar-refractivity contribution is 5.83. The molecule has 1 saturated carbocycles. The number of carbonyl (C=O) groups excluding carboxylic acids is 2. The van der Waals surface area contributed by atoms with Crippen molar-refractivity contribution < 1.29 is 9.59 Å². The van der Waals surface area contributed by atoms with Crippen LogP contribution in [0.4, 0.5) is 0 Å². The molecule has 0 saturated heterocycles. The summed E-state index contributed by atoms with van der Waals surface area (Å²) in [4.78, 5) is 23.9. The maximum atomic E-state index is 11.5. The summed E-state index contributed by atoms with van der Waals surface area (Å²) in [5, 5.41) is 2.96. The number of amides is 2. The van der Waals surface area contributed by atoms with Gasteiger partial charge in [0.1, 0.15) is 0 Å². The summed E-state index contributed by atoms with van der Waals surface area (Å²) < 4.78 is 0. The Kier molecular flexibility index (Phi) is 4.12. The highest BCUT2D eigenvalue weighted by Crippen LogP contribution is 2.24. The van der Waals surface area contributed by atoms with Crippen LogP contribution in [0.5, 0.6) is 0 Å². The van der Waals surface area contributed by atoms with Crippen LogP contribution in [0.1, 0.15) is 33.1 Å². The van der Waals surface area contributed by atoms with E-state index in [-0.39, 0.29) is 18.4 Å². The molecule has 4 nitrogen and oxygen atoms in total. The summed E-state index contributed by atoms with van der Waals surface area (Å²) in [6, 6.07) is 0.313. The lowest BCUT2D eigenvalue weighted by atomic mass is 10.1. The first-order valence-corrected chi connectivity index (χ1v) is 5.50. The van der Waals surface area contributed by atoms with Gasteiger partial charge in [-0.25, -0.2) is 0 Å². The minimum absolute atomic E-state index is 0.0493. The van der Waals surface area contributed by atoms with Crippen molar-refractivity contribution in [2.45, 2.75) is 39.2 Å². The van der Waals surface area contributed by atoms with E-state index in [1.54, 1.807) is 7.05 Å². The van der Waals surface area contributed by atoms with Crippen molar-refractivity contribution in [1.82, 2.24) is 10.2 Å². The van der Waals surface area contributed by atoms with Crippen molar-refractivity contribution in [2.24, 2.45) is 5.92 Å². The molecule has 1 N–H and O–H groups in total. The van der Waals surface area contributed by atoms with Crippen molar-refractivity contribution in [3.8, 4) is 0 Å².